The molecule has 1 aromatic rings. The monoisotopic (exact) mass is 216 g/mol. The van der Waals surface area contributed by atoms with E-state index in [0.717, 1.165) is 6.42 Å². The van der Waals surface area contributed by atoms with Gasteiger partial charge in [-0.25, -0.2) is 0 Å². The summed E-state index contributed by atoms with van der Waals surface area (Å²) in [5, 5.41) is 0. The van der Waals surface area contributed by atoms with Crippen LogP contribution in [0.5, 0.6) is 0 Å². The largest absolute Gasteiger partial charge is 0.269 e. The van der Waals surface area contributed by atoms with Crippen LogP contribution in [0.4, 0.5) is 9.41 Å². The van der Waals surface area contributed by atoms with E-state index in [0.29, 0.717) is 0 Å². The molecule has 1 rings (SSSR count). The zero-order chi connectivity index (χ0) is 10.1. The first-order valence-electron chi connectivity index (χ1n) is 5.05. The summed E-state index contributed by atoms with van der Waals surface area (Å²) < 4.78 is 0. The second kappa shape index (κ2) is 5.84. The minimum absolute atomic E-state index is 0. The SMILES string of the molecule is CCc1cccc(C(C)(C)C)c1C.F.F. The molecule has 0 heterocycles. The topological polar surface area (TPSA) is 0 Å². The predicted octanol–water partition coefficient (Wildman–Crippen LogP) is 4.16. The quantitative estimate of drug-likeness (QED) is 0.661. The highest BCUT2D eigenvalue weighted by atomic mass is 19.0. The van der Waals surface area contributed by atoms with Crippen molar-refractivity contribution in [2.75, 3.05) is 0 Å². The third-order valence-corrected chi connectivity index (χ3v) is 2.63. The van der Waals surface area contributed by atoms with Gasteiger partial charge in [0.2, 0.25) is 0 Å². The Kier molecular flexibility index (Phi) is 6.43. The van der Waals surface area contributed by atoms with E-state index in [1.54, 1.807) is 0 Å². The van der Waals surface area contributed by atoms with E-state index < -0.39 is 0 Å². The first-order chi connectivity index (χ1) is 5.96. The van der Waals surface area contributed by atoms with Crippen molar-refractivity contribution in [2.45, 2.75) is 46.5 Å². The molecule has 0 spiro atoms. The lowest BCUT2D eigenvalue weighted by Gasteiger charge is -2.23. The molecule has 88 valence electrons. The van der Waals surface area contributed by atoms with Crippen molar-refractivity contribution in [3.05, 3.63) is 34.9 Å². The van der Waals surface area contributed by atoms with Gasteiger partial charge in [0.25, 0.3) is 0 Å². The lowest BCUT2D eigenvalue weighted by molar-refractivity contribution is 0.585. The standard InChI is InChI=1S/C13H20.2FH/c1-6-11-8-7-9-12(10(11)2)13(3,4)5;;/h7-9H,6H2,1-5H3;2*1H. The van der Waals surface area contributed by atoms with Crippen LogP contribution in [0.3, 0.4) is 0 Å². The molecule has 0 aromatic heterocycles. The molecule has 0 radical (unpaired) electrons. The van der Waals surface area contributed by atoms with Gasteiger partial charge in [0.1, 0.15) is 0 Å². The molecule has 0 aliphatic rings. The maximum absolute atomic E-state index is 2.27. The van der Waals surface area contributed by atoms with E-state index in [1.165, 1.54) is 16.7 Å². The van der Waals surface area contributed by atoms with Crippen LogP contribution in [0.15, 0.2) is 18.2 Å². The average molecular weight is 216 g/mol. The molecular weight excluding hydrogens is 194 g/mol. The summed E-state index contributed by atoms with van der Waals surface area (Å²) in [6.07, 6.45) is 1.13. The van der Waals surface area contributed by atoms with Crippen LogP contribution in [0.25, 0.3) is 0 Å². The second-order valence-corrected chi connectivity index (χ2v) is 4.69. The fourth-order valence-corrected chi connectivity index (χ4v) is 1.88. The zero-order valence-corrected chi connectivity index (χ0v) is 10.3. The fraction of sp³-hybridized carbons (Fsp3) is 0.538. The van der Waals surface area contributed by atoms with Crippen LogP contribution < -0.4 is 0 Å². The minimum Gasteiger partial charge on any atom is -0.269 e. The summed E-state index contributed by atoms with van der Waals surface area (Å²) in [6, 6.07) is 6.64. The molecule has 0 saturated heterocycles. The molecule has 0 N–H and O–H groups in total. The van der Waals surface area contributed by atoms with Gasteiger partial charge in [-0.3, -0.25) is 9.41 Å². The van der Waals surface area contributed by atoms with E-state index in [-0.39, 0.29) is 14.8 Å². The molecule has 0 unspecified atom stereocenters. The predicted molar refractivity (Wildman–Crippen MR) is 64.3 cm³/mol. The number of hydrogen-bond donors (Lipinski definition) is 0. The Morgan fingerprint density at radius 2 is 1.60 bits per heavy atom. The van der Waals surface area contributed by atoms with Crippen molar-refractivity contribution < 1.29 is 9.41 Å². The number of rotatable bonds is 1. The minimum atomic E-state index is 0. The Hall–Kier alpha value is -0.920. The lowest BCUT2D eigenvalue weighted by atomic mass is 9.82. The molecule has 0 saturated carbocycles. The highest BCUT2D eigenvalue weighted by Crippen LogP contribution is 2.27. The van der Waals surface area contributed by atoms with Gasteiger partial charge in [-0.1, -0.05) is 45.9 Å². The van der Waals surface area contributed by atoms with Gasteiger partial charge in [0, 0.05) is 0 Å². The van der Waals surface area contributed by atoms with Crippen molar-refractivity contribution in [3.63, 3.8) is 0 Å². The normalized spacial score (nSPS) is 10.2. The molecule has 0 nitrogen and oxygen atoms in total. The second-order valence-electron chi connectivity index (χ2n) is 4.69. The number of halogens is 2. The maximum atomic E-state index is 2.27. The smallest absolute Gasteiger partial charge is 0.0129 e. The van der Waals surface area contributed by atoms with Gasteiger partial charge in [0.05, 0.1) is 0 Å². The van der Waals surface area contributed by atoms with E-state index >= 15 is 0 Å². The van der Waals surface area contributed by atoms with Gasteiger partial charge in [-0.15, -0.1) is 0 Å². The molecule has 2 heteroatoms. The summed E-state index contributed by atoms with van der Waals surface area (Å²) >= 11 is 0. The Bertz CT molecular complexity index is 298. The summed E-state index contributed by atoms with van der Waals surface area (Å²) in [5.74, 6) is 0. The van der Waals surface area contributed by atoms with Crippen molar-refractivity contribution >= 4 is 0 Å². The van der Waals surface area contributed by atoms with Gasteiger partial charge >= 0.3 is 0 Å². The lowest BCUT2D eigenvalue weighted by Crippen LogP contribution is -2.13. The van der Waals surface area contributed by atoms with Gasteiger partial charge < -0.3 is 0 Å². The van der Waals surface area contributed by atoms with Crippen molar-refractivity contribution in [1.29, 1.82) is 0 Å². The van der Waals surface area contributed by atoms with Crippen LogP contribution in [0, 0.1) is 6.92 Å². The molecule has 0 fully saturated rings. The zero-order valence-electron chi connectivity index (χ0n) is 10.3. The number of hydrogen-bond acceptors (Lipinski definition) is 0. The van der Waals surface area contributed by atoms with E-state index in [2.05, 4.69) is 52.8 Å². The van der Waals surface area contributed by atoms with Gasteiger partial charge in [-0.05, 0) is 35.4 Å². The number of benzene rings is 1. The summed E-state index contributed by atoms with van der Waals surface area (Å²) in [4.78, 5) is 0. The Labute approximate surface area is 91.4 Å². The van der Waals surface area contributed by atoms with Crippen molar-refractivity contribution in [2.24, 2.45) is 0 Å². The molecule has 15 heavy (non-hydrogen) atoms. The Morgan fingerprint density at radius 3 is 2.00 bits per heavy atom. The molecule has 1 aromatic carbocycles. The highest BCUT2D eigenvalue weighted by Gasteiger charge is 2.16. The molecule has 0 aliphatic carbocycles. The summed E-state index contributed by atoms with van der Waals surface area (Å²) in [7, 11) is 0. The molecular formula is C13H22F2. The van der Waals surface area contributed by atoms with Gasteiger partial charge in [0.15, 0.2) is 0 Å². The van der Waals surface area contributed by atoms with E-state index in [9.17, 15) is 0 Å². The van der Waals surface area contributed by atoms with Crippen LogP contribution in [-0.2, 0) is 11.8 Å². The van der Waals surface area contributed by atoms with Crippen LogP contribution in [-0.4, -0.2) is 0 Å². The molecule has 0 aliphatic heterocycles. The third-order valence-electron chi connectivity index (χ3n) is 2.63. The average Bonchev–Trinajstić information content (AvgIpc) is 2.02. The van der Waals surface area contributed by atoms with Gasteiger partial charge in [-0.2, -0.15) is 0 Å². The first-order valence-corrected chi connectivity index (χ1v) is 5.05. The van der Waals surface area contributed by atoms with Crippen molar-refractivity contribution in [1.82, 2.24) is 0 Å². The van der Waals surface area contributed by atoms with E-state index in [1.807, 2.05) is 0 Å². The summed E-state index contributed by atoms with van der Waals surface area (Å²) in [6.45, 7) is 11.3. The Balaban J connectivity index is 0. The van der Waals surface area contributed by atoms with Crippen LogP contribution in [0.1, 0.15) is 44.4 Å². The Morgan fingerprint density at radius 1 is 1.07 bits per heavy atom. The molecule has 0 amide bonds. The van der Waals surface area contributed by atoms with Crippen molar-refractivity contribution in [3.8, 4) is 0 Å². The fourth-order valence-electron chi connectivity index (χ4n) is 1.88. The molecule has 0 atom stereocenters. The van der Waals surface area contributed by atoms with E-state index in [4.69, 9.17) is 0 Å². The molecule has 0 bridgehead atoms. The van der Waals surface area contributed by atoms with Crippen LogP contribution in [0.2, 0.25) is 0 Å². The van der Waals surface area contributed by atoms with Crippen LogP contribution >= 0.6 is 0 Å². The number of aryl methyl sites for hydroxylation is 1. The third kappa shape index (κ3) is 3.61. The maximum Gasteiger partial charge on any atom is -0.0129 e. The summed E-state index contributed by atoms with van der Waals surface area (Å²) in [5.41, 5.74) is 4.70. The highest BCUT2D eigenvalue weighted by molar-refractivity contribution is 5.38. The first kappa shape index (κ1) is 16.5.